The van der Waals surface area contributed by atoms with Crippen LogP contribution in [0, 0.1) is 0 Å². The number of carbonyl (C=O) groups is 1. The number of benzene rings is 3. The monoisotopic (exact) mass is 492 g/mol. The van der Waals surface area contributed by atoms with Gasteiger partial charge in [0.15, 0.2) is 0 Å². The molecule has 0 aliphatic heterocycles. The first kappa shape index (κ1) is 24.0. The Morgan fingerprint density at radius 3 is 2.49 bits per heavy atom. The van der Waals surface area contributed by atoms with Gasteiger partial charge in [-0.3, -0.25) is 4.79 Å². The lowest BCUT2D eigenvalue weighted by Gasteiger charge is -2.14. The number of rotatable bonds is 6. The number of para-hydroxylation sites is 1. The normalized spacial score (nSPS) is 11.4. The van der Waals surface area contributed by atoms with Crippen LogP contribution in [0.5, 0.6) is 11.6 Å². The number of aromatic nitrogens is 4. The molecule has 2 aromatic heterocycles. The van der Waals surface area contributed by atoms with Crippen LogP contribution in [-0.2, 0) is 5.41 Å². The number of nitrogens with zero attached hydrogens (tertiary/aromatic N) is 4. The highest BCUT2D eigenvalue weighted by atomic mass is 16.5. The summed E-state index contributed by atoms with van der Waals surface area (Å²) in [7, 11) is 1.78. The molecule has 2 N–H and O–H groups in total. The summed E-state index contributed by atoms with van der Waals surface area (Å²) in [5.41, 5.74) is 2.14. The second kappa shape index (κ2) is 9.73. The Hall–Kier alpha value is -4.72. The zero-order valence-electron chi connectivity index (χ0n) is 21.2. The molecule has 0 aliphatic rings. The molecule has 5 rings (SSSR count). The van der Waals surface area contributed by atoms with Crippen molar-refractivity contribution in [2.45, 2.75) is 26.2 Å². The summed E-state index contributed by atoms with van der Waals surface area (Å²) >= 11 is 0. The lowest BCUT2D eigenvalue weighted by Crippen LogP contribution is -2.15. The van der Waals surface area contributed by atoms with Crippen molar-refractivity contribution in [1.29, 1.82) is 0 Å². The van der Waals surface area contributed by atoms with Gasteiger partial charge in [-0.15, -0.1) is 0 Å². The molecule has 5 aromatic rings. The molecule has 0 bridgehead atoms. The van der Waals surface area contributed by atoms with Crippen molar-refractivity contribution in [3.05, 3.63) is 96.4 Å². The van der Waals surface area contributed by atoms with Gasteiger partial charge >= 0.3 is 0 Å². The minimum absolute atomic E-state index is 0.174. The largest absolute Gasteiger partial charge is 0.439 e. The molecule has 0 radical (unpaired) electrons. The predicted molar refractivity (Wildman–Crippen MR) is 146 cm³/mol. The van der Waals surface area contributed by atoms with E-state index in [1.807, 2.05) is 72.8 Å². The van der Waals surface area contributed by atoms with Crippen molar-refractivity contribution in [3.63, 3.8) is 0 Å². The lowest BCUT2D eigenvalue weighted by atomic mass is 9.92. The van der Waals surface area contributed by atoms with Crippen LogP contribution in [0.15, 0.2) is 85.2 Å². The molecular formula is C29H28N6O2. The number of amides is 1. The minimum Gasteiger partial charge on any atom is -0.439 e. The molecule has 186 valence electrons. The first-order chi connectivity index (χ1) is 17.8. The average Bonchev–Trinajstić information content (AvgIpc) is 3.33. The maximum Gasteiger partial charge on any atom is 0.257 e. The summed E-state index contributed by atoms with van der Waals surface area (Å²) in [5, 5.41) is 12.5. The molecule has 8 nitrogen and oxygen atoms in total. The van der Waals surface area contributed by atoms with Crippen molar-refractivity contribution >= 4 is 28.3 Å². The van der Waals surface area contributed by atoms with Crippen LogP contribution >= 0.6 is 0 Å². The van der Waals surface area contributed by atoms with Gasteiger partial charge in [0.1, 0.15) is 23.7 Å². The van der Waals surface area contributed by atoms with E-state index in [1.165, 1.54) is 6.33 Å². The van der Waals surface area contributed by atoms with E-state index in [9.17, 15) is 4.79 Å². The molecular weight excluding hydrogens is 464 g/mol. The maximum atomic E-state index is 13.5. The number of hydrogen-bond acceptors (Lipinski definition) is 6. The second-order valence-electron chi connectivity index (χ2n) is 9.65. The third kappa shape index (κ3) is 5.13. The van der Waals surface area contributed by atoms with Gasteiger partial charge in [0.25, 0.3) is 5.91 Å². The van der Waals surface area contributed by atoms with Crippen LogP contribution in [0.3, 0.4) is 0 Å². The number of carbonyl (C=O) groups excluding carboxylic acids is 1. The van der Waals surface area contributed by atoms with Gasteiger partial charge in [-0.2, -0.15) is 5.10 Å². The Morgan fingerprint density at radius 2 is 1.73 bits per heavy atom. The first-order valence-electron chi connectivity index (χ1n) is 12.0. The molecule has 0 fully saturated rings. The highest BCUT2D eigenvalue weighted by Gasteiger charge is 2.22. The van der Waals surface area contributed by atoms with Gasteiger partial charge in [-0.1, -0.05) is 51.1 Å². The van der Waals surface area contributed by atoms with E-state index in [1.54, 1.807) is 17.8 Å². The second-order valence-corrected chi connectivity index (χ2v) is 9.65. The SMILES string of the molecule is CNc1cc(Oc2ccc3c(C(=O)Nc4cc(C(C)(C)C)nn4-c4ccccc4)cccc3c2)ncn1. The minimum atomic E-state index is -0.216. The van der Waals surface area contributed by atoms with E-state index < -0.39 is 0 Å². The van der Waals surface area contributed by atoms with E-state index in [4.69, 9.17) is 9.84 Å². The quantitative estimate of drug-likeness (QED) is 0.293. The van der Waals surface area contributed by atoms with Crippen molar-refractivity contribution in [1.82, 2.24) is 19.7 Å². The summed E-state index contributed by atoms with van der Waals surface area (Å²) in [6.45, 7) is 6.30. The topological polar surface area (TPSA) is 94.0 Å². The zero-order valence-corrected chi connectivity index (χ0v) is 21.2. The maximum absolute atomic E-state index is 13.5. The summed E-state index contributed by atoms with van der Waals surface area (Å²) in [5.74, 6) is 2.10. The predicted octanol–water partition coefficient (Wildman–Crippen LogP) is 6.20. The van der Waals surface area contributed by atoms with E-state index >= 15 is 0 Å². The average molecular weight is 493 g/mol. The molecule has 0 spiro atoms. The smallest absolute Gasteiger partial charge is 0.257 e. The Kier molecular flexibility index (Phi) is 6.31. The Morgan fingerprint density at radius 1 is 0.919 bits per heavy atom. The number of fused-ring (bicyclic) bond motifs is 1. The molecule has 2 heterocycles. The molecule has 37 heavy (non-hydrogen) atoms. The van der Waals surface area contributed by atoms with E-state index in [2.05, 4.69) is 41.4 Å². The highest BCUT2D eigenvalue weighted by molar-refractivity contribution is 6.13. The molecule has 0 saturated heterocycles. The van der Waals surface area contributed by atoms with Gasteiger partial charge in [0, 0.05) is 30.2 Å². The van der Waals surface area contributed by atoms with Gasteiger partial charge in [-0.25, -0.2) is 14.6 Å². The van der Waals surface area contributed by atoms with Crippen LogP contribution < -0.4 is 15.4 Å². The third-order valence-electron chi connectivity index (χ3n) is 5.94. The highest BCUT2D eigenvalue weighted by Crippen LogP contribution is 2.29. The van der Waals surface area contributed by atoms with Gasteiger partial charge in [0.2, 0.25) is 5.88 Å². The Bertz CT molecular complexity index is 1570. The Labute approximate surface area is 215 Å². The van der Waals surface area contributed by atoms with Crippen molar-refractivity contribution in [2.24, 2.45) is 0 Å². The van der Waals surface area contributed by atoms with Crippen LogP contribution in [0.4, 0.5) is 11.6 Å². The molecule has 1 amide bonds. The standard InChI is InChI=1S/C29H28N6O2/c1-29(2,3)24-16-26(35(34-24)20-10-6-5-7-11-20)33-28(36)23-12-8-9-19-15-21(13-14-22(19)23)37-27-17-25(30-4)31-18-32-27/h5-18H,1-4H3,(H,33,36)(H,30,31,32). The van der Waals surface area contributed by atoms with Crippen molar-refractivity contribution in [2.75, 3.05) is 17.7 Å². The number of nitrogens with one attached hydrogen (secondary N) is 2. The van der Waals surface area contributed by atoms with Crippen LogP contribution in [0.2, 0.25) is 0 Å². The number of anilines is 2. The van der Waals surface area contributed by atoms with Crippen molar-refractivity contribution in [3.8, 4) is 17.3 Å². The van der Waals surface area contributed by atoms with E-state index in [0.717, 1.165) is 22.2 Å². The third-order valence-corrected chi connectivity index (χ3v) is 5.94. The molecule has 0 unspecified atom stereocenters. The number of ether oxygens (including phenoxy) is 1. The molecule has 8 heteroatoms. The summed E-state index contributed by atoms with van der Waals surface area (Å²) in [6, 6.07) is 24.7. The van der Waals surface area contributed by atoms with E-state index in [-0.39, 0.29) is 11.3 Å². The first-order valence-corrected chi connectivity index (χ1v) is 12.0. The fourth-order valence-electron chi connectivity index (χ4n) is 3.96. The number of hydrogen-bond donors (Lipinski definition) is 2. The van der Waals surface area contributed by atoms with Crippen LogP contribution in [0.1, 0.15) is 36.8 Å². The van der Waals surface area contributed by atoms with Gasteiger partial charge < -0.3 is 15.4 Å². The summed E-state index contributed by atoms with van der Waals surface area (Å²) in [6.07, 6.45) is 1.44. The van der Waals surface area contributed by atoms with Gasteiger partial charge in [0.05, 0.1) is 11.4 Å². The van der Waals surface area contributed by atoms with Crippen LogP contribution in [0.25, 0.3) is 16.5 Å². The molecule has 3 aromatic carbocycles. The fraction of sp³-hybridized carbons (Fsp3) is 0.172. The summed E-state index contributed by atoms with van der Waals surface area (Å²) < 4.78 is 7.70. The van der Waals surface area contributed by atoms with Gasteiger partial charge in [-0.05, 0) is 47.2 Å². The molecule has 0 saturated carbocycles. The zero-order chi connectivity index (χ0) is 26.0. The molecule has 0 aliphatic carbocycles. The lowest BCUT2D eigenvalue weighted by molar-refractivity contribution is 0.102. The van der Waals surface area contributed by atoms with Crippen LogP contribution in [-0.4, -0.2) is 32.7 Å². The van der Waals surface area contributed by atoms with E-state index in [0.29, 0.717) is 28.8 Å². The summed E-state index contributed by atoms with van der Waals surface area (Å²) in [4.78, 5) is 21.8. The van der Waals surface area contributed by atoms with Crippen molar-refractivity contribution < 1.29 is 9.53 Å². The Balaban J connectivity index is 1.46. The molecule has 0 atom stereocenters. The fourth-order valence-corrected chi connectivity index (χ4v) is 3.96.